The van der Waals surface area contributed by atoms with Crippen LogP contribution in [0.5, 0.6) is 0 Å². The lowest BCUT2D eigenvalue weighted by molar-refractivity contribution is -0.139. The Kier molecular flexibility index (Phi) is 5.84. The molecule has 0 bridgehead atoms. The molecule has 2 heterocycles. The summed E-state index contributed by atoms with van der Waals surface area (Å²) in [4.78, 5) is 26.8. The maximum Gasteiger partial charge on any atom is 0.309 e. The largest absolute Gasteiger partial charge is 0.467 e. The Morgan fingerprint density at radius 2 is 1.77 bits per heavy atom. The number of rotatable bonds is 6. The standard InChI is InChI=1S/C24H25N3O3/c1-17-8-10-18(11-9-17)15-25-23(28)24(29)26-16-21(22-7-4-14-30-22)27-13-12-19-5-2-3-6-20(19)27/h2-11,14,21H,12-13,15-16H2,1H3,(H,25,28)(H,26,29)/t21-/m1/s1. The van der Waals surface area contributed by atoms with Crippen molar-refractivity contribution in [3.05, 3.63) is 89.4 Å². The topological polar surface area (TPSA) is 74.6 Å². The molecule has 1 aromatic heterocycles. The Morgan fingerprint density at radius 3 is 2.53 bits per heavy atom. The van der Waals surface area contributed by atoms with Gasteiger partial charge in [0.1, 0.15) is 11.8 Å². The Bertz CT molecular complexity index is 1010. The summed E-state index contributed by atoms with van der Waals surface area (Å²) in [6.07, 6.45) is 2.57. The van der Waals surface area contributed by atoms with Gasteiger partial charge in [-0.15, -0.1) is 0 Å². The highest BCUT2D eigenvalue weighted by molar-refractivity contribution is 6.35. The third kappa shape index (κ3) is 4.38. The maximum atomic E-state index is 12.4. The Labute approximate surface area is 175 Å². The van der Waals surface area contributed by atoms with E-state index in [-0.39, 0.29) is 12.6 Å². The Morgan fingerprint density at radius 1 is 1.00 bits per heavy atom. The summed E-state index contributed by atoms with van der Waals surface area (Å²) in [6.45, 7) is 3.43. The number of nitrogens with one attached hydrogen (secondary N) is 2. The molecule has 0 unspecified atom stereocenters. The number of aryl methyl sites for hydroxylation is 1. The Balaban J connectivity index is 1.38. The molecule has 1 atom stereocenters. The van der Waals surface area contributed by atoms with E-state index < -0.39 is 11.8 Å². The van der Waals surface area contributed by atoms with Crippen molar-refractivity contribution in [2.75, 3.05) is 18.0 Å². The van der Waals surface area contributed by atoms with Gasteiger partial charge in [-0.05, 0) is 42.7 Å². The average Bonchev–Trinajstić information content (AvgIpc) is 3.44. The molecular weight excluding hydrogens is 378 g/mol. The fraction of sp³-hybridized carbons (Fsp3) is 0.250. The van der Waals surface area contributed by atoms with Crippen LogP contribution in [0.4, 0.5) is 5.69 Å². The van der Waals surface area contributed by atoms with Crippen molar-refractivity contribution in [1.29, 1.82) is 0 Å². The van der Waals surface area contributed by atoms with Gasteiger partial charge in [-0.2, -0.15) is 0 Å². The SMILES string of the molecule is Cc1ccc(CNC(=O)C(=O)NC[C@H](c2ccco2)N2CCc3ccccc32)cc1. The summed E-state index contributed by atoms with van der Waals surface area (Å²) in [7, 11) is 0. The molecule has 6 heteroatoms. The second-order valence-electron chi connectivity index (χ2n) is 7.48. The van der Waals surface area contributed by atoms with E-state index in [9.17, 15) is 9.59 Å². The van der Waals surface area contributed by atoms with Crippen LogP contribution in [-0.4, -0.2) is 24.9 Å². The average molecular weight is 403 g/mol. The predicted molar refractivity (Wildman–Crippen MR) is 115 cm³/mol. The molecule has 2 N–H and O–H groups in total. The Hall–Kier alpha value is -3.54. The molecule has 154 valence electrons. The maximum absolute atomic E-state index is 12.4. The number of hydrogen-bond acceptors (Lipinski definition) is 4. The molecule has 4 rings (SSSR count). The van der Waals surface area contributed by atoms with E-state index in [0.717, 1.165) is 35.5 Å². The summed E-state index contributed by atoms with van der Waals surface area (Å²) >= 11 is 0. The minimum atomic E-state index is -0.647. The van der Waals surface area contributed by atoms with E-state index in [4.69, 9.17) is 4.42 Å². The molecule has 1 aliphatic rings. The minimum Gasteiger partial charge on any atom is -0.467 e. The zero-order valence-electron chi connectivity index (χ0n) is 16.9. The van der Waals surface area contributed by atoms with Crippen molar-refractivity contribution in [1.82, 2.24) is 10.6 Å². The monoisotopic (exact) mass is 403 g/mol. The highest BCUT2D eigenvalue weighted by Gasteiger charge is 2.29. The first-order chi connectivity index (χ1) is 14.6. The number of para-hydroxylation sites is 1. The molecule has 2 amide bonds. The summed E-state index contributed by atoms with van der Waals surface area (Å²) < 4.78 is 5.64. The quantitative estimate of drug-likeness (QED) is 0.620. The summed E-state index contributed by atoms with van der Waals surface area (Å²) in [5, 5.41) is 5.45. The van der Waals surface area contributed by atoms with Crippen LogP contribution in [0.25, 0.3) is 0 Å². The number of hydrogen-bond donors (Lipinski definition) is 2. The van der Waals surface area contributed by atoms with Gasteiger partial charge in [0.25, 0.3) is 0 Å². The lowest BCUT2D eigenvalue weighted by Crippen LogP contribution is -2.43. The highest BCUT2D eigenvalue weighted by atomic mass is 16.3. The third-order valence-corrected chi connectivity index (χ3v) is 5.41. The molecule has 0 saturated carbocycles. The molecule has 6 nitrogen and oxygen atoms in total. The van der Waals surface area contributed by atoms with E-state index in [2.05, 4.69) is 27.7 Å². The zero-order valence-corrected chi connectivity index (χ0v) is 16.9. The van der Waals surface area contributed by atoms with Crippen LogP contribution in [0, 0.1) is 6.92 Å². The first kappa shape index (κ1) is 19.8. The smallest absolute Gasteiger partial charge is 0.309 e. The second-order valence-corrected chi connectivity index (χ2v) is 7.48. The van der Waals surface area contributed by atoms with Crippen LogP contribution >= 0.6 is 0 Å². The van der Waals surface area contributed by atoms with Gasteiger partial charge in [0, 0.05) is 25.3 Å². The van der Waals surface area contributed by atoms with Crippen molar-refractivity contribution in [2.24, 2.45) is 0 Å². The summed E-state index contributed by atoms with van der Waals surface area (Å²) in [5.41, 5.74) is 4.51. The van der Waals surface area contributed by atoms with Crippen molar-refractivity contribution in [3.8, 4) is 0 Å². The van der Waals surface area contributed by atoms with Crippen LogP contribution in [0.15, 0.2) is 71.3 Å². The van der Waals surface area contributed by atoms with Crippen molar-refractivity contribution in [3.63, 3.8) is 0 Å². The first-order valence-corrected chi connectivity index (χ1v) is 10.1. The number of amides is 2. The molecule has 3 aromatic rings. The number of anilines is 1. The number of nitrogens with zero attached hydrogens (tertiary/aromatic N) is 1. The number of benzene rings is 2. The van der Waals surface area contributed by atoms with Crippen LogP contribution < -0.4 is 15.5 Å². The minimum absolute atomic E-state index is 0.183. The van der Waals surface area contributed by atoms with Crippen LogP contribution in [0.1, 0.15) is 28.5 Å². The van der Waals surface area contributed by atoms with Gasteiger partial charge in [-0.1, -0.05) is 48.0 Å². The molecule has 0 spiro atoms. The summed E-state index contributed by atoms with van der Waals surface area (Å²) in [5.74, 6) is -0.534. The molecule has 0 saturated heterocycles. The van der Waals surface area contributed by atoms with Crippen molar-refractivity contribution >= 4 is 17.5 Å². The van der Waals surface area contributed by atoms with Gasteiger partial charge in [0.15, 0.2) is 0 Å². The van der Waals surface area contributed by atoms with Gasteiger partial charge in [-0.25, -0.2) is 0 Å². The molecule has 1 aliphatic heterocycles. The van der Waals surface area contributed by atoms with Gasteiger partial charge >= 0.3 is 11.8 Å². The third-order valence-electron chi connectivity index (χ3n) is 5.41. The molecule has 0 aliphatic carbocycles. The molecule has 0 fully saturated rings. The zero-order chi connectivity index (χ0) is 20.9. The molecular formula is C24H25N3O3. The second kappa shape index (κ2) is 8.86. The lowest BCUT2D eigenvalue weighted by Gasteiger charge is -2.29. The molecule has 2 aromatic carbocycles. The van der Waals surface area contributed by atoms with E-state index >= 15 is 0 Å². The van der Waals surface area contributed by atoms with Gasteiger partial charge in [0.05, 0.1) is 6.26 Å². The van der Waals surface area contributed by atoms with Crippen molar-refractivity contribution < 1.29 is 14.0 Å². The lowest BCUT2D eigenvalue weighted by atomic mass is 10.1. The van der Waals surface area contributed by atoms with Crippen molar-refractivity contribution in [2.45, 2.75) is 25.9 Å². The number of furan rings is 1. The van der Waals surface area contributed by atoms with Crippen LogP contribution in [0.2, 0.25) is 0 Å². The molecule has 0 radical (unpaired) electrons. The predicted octanol–water partition coefficient (Wildman–Crippen LogP) is 3.12. The van der Waals surface area contributed by atoms with Crippen LogP contribution in [-0.2, 0) is 22.6 Å². The van der Waals surface area contributed by atoms with Gasteiger partial charge < -0.3 is 20.0 Å². The highest BCUT2D eigenvalue weighted by Crippen LogP contribution is 2.34. The van der Waals surface area contributed by atoms with Gasteiger partial charge in [-0.3, -0.25) is 9.59 Å². The fourth-order valence-corrected chi connectivity index (χ4v) is 3.77. The normalized spacial score (nSPS) is 13.6. The van der Waals surface area contributed by atoms with E-state index in [1.54, 1.807) is 6.26 Å². The van der Waals surface area contributed by atoms with E-state index in [1.165, 1.54) is 5.56 Å². The van der Waals surface area contributed by atoms with Gasteiger partial charge in [0.2, 0.25) is 0 Å². The first-order valence-electron chi connectivity index (χ1n) is 10.1. The number of carbonyl (C=O) groups excluding carboxylic acids is 2. The number of carbonyl (C=O) groups is 2. The van der Waals surface area contributed by atoms with E-state index in [0.29, 0.717) is 6.54 Å². The number of fused-ring (bicyclic) bond motifs is 1. The van der Waals surface area contributed by atoms with Crippen LogP contribution in [0.3, 0.4) is 0 Å². The summed E-state index contributed by atoms with van der Waals surface area (Å²) in [6, 6.07) is 19.6. The fourth-order valence-electron chi connectivity index (χ4n) is 3.77. The molecule has 30 heavy (non-hydrogen) atoms. The van der Waals surface area contributed by atoms with E-state index in [1.807, 2.05) is 55.5 Å².